The number of nitrogens with zero attached hydrogens (tertiary/aromatic N) is 3. The molecule has 0 spiro atoms. The minimum Gasteiger partial charge on any atom is -0.469 e. The molecule has 9 heteroatoms. The highest BCUT2D eigenvalue weighted by molar-refractivity contribution is 7.99. The molecule has 0 bridgehead atoms. The maximum absolute atomic E-state index is 13.5. The Morgan fingerprint density at radius 2 is 2.12 bits per heavy atom. The van der Waals surface area contributed by atoms with Gasteiger partial charge in [-0.15, -0.1) is 10.2 Å². The van der Waals surface area contributed by atoms with Crippen molar-refractivity contribution in [2.45, 2.75) is 12.1 Å². The van der Waals surface area contributed by atoms with Crippen LogP contribution in [0.3, 0.4) is 0 Å². The van der Waals surface area contributed by atoms with Gasteiger partial charge in [0.05, 0.1) is 23.3 Å². The number of benzene rings is 1. The normalized spacial score (nSPS) is 10.9. The third kappa shape index (κ3) is 3.71. The van der Waals surface area contributed by atoms with Gasteiger partial charge >= 0.3 is 0 Å². The highest BCUT2D eigenvalue weighted by Crippen LogP contribution is 2.26. The van der Waals surface area contributed by atoms with Gasteiger partial charge in [0.2, 0.25) is 5.91 Å². The molecule has 130 valence electrons. The Kier molecular flexibility index (Phi) is 4.84. The average molecular weight is 364 g/mol. The number of halogens is 2. The van der Waals surface area contributed by atoms with E-state index in [4.69, 9.17) is 4.42 Å². The van der Waals surface area contributed by atoms with Crippen molar-refractivity contribution in [2.24, 2.45) is 7.05 Å². The van der Waals surface area contributed by atoms with Gasteiger partial charge in [-0.3, -0.25) is 4.79 Å². The van der Waals surface area contributed by atoms with E-state index in [0.29, 0.717) is 16.7 Å². The van der Waals surface area contributed by atoms with Crippen molar-refractivity contribution in [3.8, 4) is 11.4 Å². The van der Waals surface area contributed by atoms with Crippen LogP contribution in [0.1, 0.15) is 5.76 Å². The standard InChI is InChI=1S/C16H14F2N4O2S/c1-9-11(5-6-24-9)15-20-21-16(22(15)2)25-8-14(23)19-13-7-10(17)3-4-12(13)18/h3-7H,8H2,1-2H3,(H,19,23). The number of furan rings is 1. The van der Waals surface area contributed by atoms with Crippen molar-refractivity contribution >= 4 is 23.4 Å². The van der Waals surface area contributed by atoms with Crippen molar-refractivity contribution in [3.63, 3.8) is 0 Å². The maximum atomic E-state index is 13.5. The quantitative estimate of drug-likeness (QED) is 0.703. The summed E-state index contributed by atoms with van der Waals surface area (Å²) in [4.78, 5) is 12.0. The van der Waals surface area contributed by atoms with Crippen molar-refractivity contribution in [1.82, 2.24) is 14.8 Å². The Balaban J connectivity index is 1.66. The number of anilines is 1. The summed E-state index contributed by atoms with van der Waals surface area (Å²) in [7, 11) is 1.77. The van der Waals surface area contributed by atoms with Gasteiger partial charge in [0.15, 0.2) is 11.0 Å². The minimum absolute atomic E-state index is 0.0215. The lowest BCUT2D eigenvalue weighted by atomic mass is 10.2. The fraction of sp³-hybridized carbons (Fsp3) is 0.188. The number of hydrogen-bond acceptors (Lipinski definition) is 5. The zero-order chi connectivity index (χ0) is 18.0. The number of carbonyl (C=O) groups is 1. The fourth-order valence-electron chi connectivity index (χ4n) is 2.20. The van der Waals surface area contributed by atoms with Crippen molar-refractivity contribution < 1.29 is 18.0 Å². The van der Waals surface area contributed by atoms with Crippen LogP contribution in [0.4, 0.5) is 14.5 Å². The van der Waals surface area contributed by atoms with Crippen LogP contribution in [0.2, 0.25) is 0 Å². The summed E-state index contributed by atoms with van der Waals surface area (Å²) in [6, 6.07) is 4.66. The van der Waals surface area contributed by atoms with Crippen molar-refractivity contribution in [3.05, 3.63) is 47.9 Å². The van der Waals surface area contributed by atoms with Gasteiger partial charge in [0.1, 0.15) is 17.4 Å². The molecular weight excluding hydrogens is 350 g/mol. The summed E-state index contributed by atoms with van der Waals surface area (Å²) in [6.45, 7) is 1.82. The summed E-state index contributed by atoms with van der Waals surface area (Å²) in [5.74, 6) is -0.490. The van der Waals surface area contributed by atoms with E-state index in [-0.39, 0.29) is 11.4 Å². The van der Waals surface area contributed by atoms with Gasteiger partial charge < -0.3 is 14.3 Å². The summed E-state index contributed by atoms with van der Waals surface area (Å²) in [6.07, 6.45) is 1.56. The number of aromatic nitrogens is 3. The van der Waals surface area contributed by atoms with Crippen molar-refractivity contribution in [1.29, 1.82) is 0 Å². The summed E-state index contributed by atoms with van der Waals surface area (Å²) < 4.78 is 33.6. The Morgan fingerprint density at radius 1 is 1.32 bits per heavy atom. The van der Waals surface area contributed by atoms with Crippen LogP contribution in [0.25, 0.3) is 11.4 Å². The molecule has 1 amide bonds. The molecular formula is C16H14F2N4O2S. The first-order valence-corrected chi connectivity index (χ1v) is 8.26. The van der Waals surface area contributed by atoms with Crippen molar-refractivity contribution in [2.75, 3.05) is 11.1 Å². The summed E-state index contributed by atoms with van der Waals surface area (Å²) in [5, 5.41) is 11.0. The molecule has 2 heterocycles. The van der Waals surface area contributed by atoms with E-state index in [1.165, 1.54) is 0 Å². The molecule has 0 aliphatic carbocycles. The van der Waals surface area contributed by atoms with Gasteiger partial charge in [-0.2, -0.15) is 0 Å². The number of hydrogen-bond donors (Lipinski definition) is 1. The Morgan fingerprint density at radius 3 is 2.84 bits per heavy atom. The number of carbonyl (C=O) groups excluding carboxylic acids is 1. The van der Waals surface area contributed by atoms with Gasteiger partial charge in [-0.05, 0) is 25.1 Å². The van der Waals surface area contributed by atoms with E-state index in [9.17, 15) is 13.6 Å². The lowest BCUT2D eigenvalue weighted by Gasteiger charge is -2.06. The second-order valence-corrected chi connectivity index (χ2v) is 6.16. The zero-order valence-corrected chi connectivity index (χ0v) is 14.2. The van der Waals surface area contributed by atoms with Crippen LogP contribution in [0.5, 0.6) is 0 Å². The van der Waals surface area contributed by atoms with Gasteiger partial charge in [-0.25, -0.2) is 8.78 Å². The first kappa shape index (κ1) is 17.2. The van der Waals surface area contributed by atoms with Crippen LogP contribution in [-0.2, 0) is 11.8 Å². The molecule has 3 aromatic rings. The SMILES string of the molecule is Cc1occc1-c1nnc(SCC(=O)Nc2cc(F)ccc2F)n1C. The maximum Gasteiger partial charge on any atom is 0.234 e. The first-order chi connectivity index (χ1) is 12.0. The smallest absolute Gasteiger partial charge is 0.234 e. The molecule has 0 radical (unpaired) electrons. The highest BCUT2D eigenvalue weighted by Gasteiger charge is 2.16. The lowest BCUT2D eigenvalue weighted by Crippen LogP contribution is -2.15. The van der Waals surface area contributed by atoms with E-state index < -0.39 is 17.5 Å². The molecule has 2 aromatic heterocycles. The highest BCUT2D eigenvalue weighted by atomic mass is 32.2. The molecule has 1 aromatic carbocycles. The topological polar surface area (TPSA) is 72.9 Å². The van der Waals surface area contributed by atoms with Gasteiger partial charge in [-0.1, -0.05) is 11.8 Å². The number of nitrogens with one attached hydrogen (secondary N) is 1. The van der Waals surface area contributed by atoms with Crippen LogP contribution in [0, 0.1) is 18.6 Å². The molecule has 0 saturated heterocycles. The fourth-order valence-corrected chi connectivity index (χ4v) is 2.91. The molecule has 0 atom stereocenters. The van der Waals surface area contributed by atoms with Crippen LogP contribution >= 0.6 is 11.8 Å². The third-order valence-electron chi connectivity index (χ3n) is 3.47. The zero-order valence-electron chi connectivity index (χ0n) is 13.4. The van der Waals surface area contributed by atoms with E-state index in [1.54, 1.807) is 23.9 Å². The van der Waals surface area contributed by atoms with Crippen LogP contribution in [0.15, 0.2) is 40.1 Å². The molecule has 25 heavy (non-hydrogen) atoms. The van der Waals surface area contributed by atoms with E-state index >= 15 is 0 Å². The molecule has 0 aliphatic rings. The molecule has 0 saturated carbocycles. The van der Waals surface area contributed by atoms with Crippen LogP contribution in [-0.4, -0.2) is 26.4 Å². The molecule has 0 unspecified atom stereocenters. The molecule has 0 aliphatic heterocycles. The lowest BCUT2D eigenvalue weighted by molar-refractivity contribution is -0.113. The number of aryl methyl sites for hydroxylation is 1. The molecule has 0 fully saturated rings. The predicted molar refractivity (Wildman–Crippen MR) is 89.2 cm³/mol. The van der Waals surface area contributed by atoms with Gasteiger partial charge in [0, 0.05) is 13.1 Å². The predicted octanol–water partition coefficient (Wildman–Crippen LogP) is 3.39. The Hall–Kier alpha value is -2.68. The minimum atomic E-state index is -0.698. The summed E-state index contributed by atoms with van der Waals surface area (Å²) in [5.41, 5.74) is 0.617. The number of thioether (sulfide) groups is 1. The van der Waals surface area contributed by atoms with Crippen LogP contribution < -0.4 is 5.32 Å². The van der Waals surface area contributed by atoms with Gasteiger partial charge in [0.25, 0.3) is 0 Å². The van der Waals surface area contributed by atoms with E-state index in [0.717, 1.165) is 35.5 Å². The largest absolute Gasteiger partial charge is 0.469 e. The molecule has 6 nitrogen and oxygen atoms in total. The van der Waals surface area contributed by atoms with E-state index in [2.05, 4.69) is 15.5 Å². The first-order valence-electron chi connectivity index (χ1n) is 7.27. The monoisotopic (exact) mass is 364 g/mol. The number of rotatable bonds is 5. The molecule has 3 rings (SSSR count). The third-order valence-corrected chi connectivity index (χ3v) is 4.49. The average Bonchev–Trinajstić information content (AvgIpc) is 3.14. The second kappa shape index (κ2) is 7.06. The Bertz CT molecular complexity index is 923. The Labute approximate surface area is 146 Å². The number of amides is 1. The van der Waals surface area contributed by atoms with E-state index in [1.807, 2.05) is 6.92 Å². The summed E-state index contributed by atoms with van der Waals surface area (Å²) >= 11 is 1.14. The second-order valence-electron chi connectivity index (χ2n) is 5.22. The molecule has 1 N–H and O–H groups in total.